The van der Waals surface area contributed by atoms with Gasteiger partial charge in [-0.05, 0) is 46.5 Å². The summed E-state index contributed by atoms with van der Waals surface area (Å²) in [7, 11) is 0. The lowest BCUT2D eigenvalue weighted by molar-refractivity contribution is -0.141. The van der Waals surface area contributed by atoms with Crippen molar-refractivity contribution in [3.05, 3.63) is 82.0 Å². The molecule has 0 radical (unpaired) electrons. The smallest absolute Gasteiger partial charge is 0.408 e. The molecule has 182 valence electrons. The highest BCUT2D eigenvalue weighted by Gasteiger charge is 2.30. The zero-order valence-corrected chi connectivity index (χ0v) is 20.2. The number of hydrogen-bond acceptors (Lipinski definition) is 5. The first kappa shape index (κ1) is 24.5. The van der Waals surface area contributed by atoms with Crippen LogP contribution < -0.4 is 10.6 Å². The number of fused-ring (bicyclic) bond motifs is 3. The Bertz CT molecular complexity index is 1150. The number of ether oxygens (including phenoxy) is 1. The maximum Gasteiger partial charge on any atom is 0.408 e. The lowest BCUT2D eigenvalue weighted by atomic mass is 9.98. The van der Waals surface area contributed by atoms with Gasteiger partial charge in [-0.25, -0.2) is 4.79 Å². The number of carboxylic acids is 1. The van der Waals surface area contributed by atoms with Crippen molar-refractivity contribution in [3.8, 4) is 11.1 Å². The molecule has 2 aromatic carbocycles. The van der Waals surface area contributed by atoms with E-state index >= 15 is 0 Å². The molecule has 0 saturated carbocycles. The second-order valence-corrected chi connectivity index (χ2v) is 9.57. The van der Waals surface area contributed by atoms with Crippen LogP contribution in [-0.2, 0) is 14.3 Å². The first-order valence-electron chi connectivity index (χ1n) is 11.6. The number of aliphatic carboxylic acids is 1. The van der Waals surface area contributed by atoms with Crippen LogP contribution in [0.4, 0.5) is 4.79 Å². The molecule has 3 N–H and O–H groups in total. The molecule has 2 amide bonds. The molecule has 2 atom stereocenters. The molecule has 1 aromatic heterocycles. The number of thiophene rings is 1. The molecule has 3 aromatic rings. The second-order valence-electron chi connectivity index (χ2n) is 8.59. The van der Waals surface area contributed by atoms with Crippen LogP contribution in [0.25, 0.3) is 11.1 Å². The number of alkyl carbamates (subject to hydrolysis) is 1. The van der Waals surface area contributed by atoms with Crippen molar-refractivity contribution in [2.45, 2.75) is 31.7 Å². The third-order valence-electron chi connectivity index (χ3n) is 6.23. The monoisotopic (exact) mass is 492 g/mol. The number of amides is 2. The zero-order chi connectivity index (χ0) is 24.8. The van der Waals surface area contributed by atoms with Crippen molar-refractivity contribution in [3.63, 3.8) is 0 Å². The van der Waals surface area contributed by atoms with E-state index in [1.54, 1.807) is 13.0 Å². The normalized spacial score (nSPS) is 13.9. The van der Waals surface area contributed by atoms with E-state index in [1.165, 1.54) is 11.3 Å². The second kappa shape index (κ2) is 11.2. The van der Waals surface area contributed by atoms with Crippen LogP contribution in [0.5, 0.6) is 0 Å². The summed E-state index contributed by atoms with van der Waals surface area (Å²) >= 11 is 1.37. The molecule has 0 fully saturated rings. The quantitative estimate of drug-likeness (QED) is 0.348. The van der Waals surface area contributed by atoms with Gasteiger partial charge in [-0.15, -0.1) is 11.3 Å². The highest BCUT2D eigenvalue weighted by Crippen LogP contribution is 2.44. The van der Waals surface area contributed by atoms with Crippen molar-refractivity contribution >= 4 is 29.3 Å². The van der Waals surface area contributed by atoms with Gasteiger partial charge in [-0.1, -0.05) is 61.5 Å². The van der Waals surface area contributed by atoms with Crippen LogP contribution in [0.3, 0.4) is 0 Å². The third-order valence-corrected chi connectivity index (χ3v) is 7.17. The Hall–Kier alpha value is -3.65. The minimum atomic E-state index is -0.887. The molecular weight excluding hydrogens is 464 g/mol. The van der Waals surface area contributed by atoms with E-state index in [9.17, 15) is 14.4 Å². The Labute approximate surface area is 208 Å². The van der Waals surface area contributed by atoms with Gasteiger partial charge in [-0.3, -0.25) is 9.59 Å². The van der Waals surface area contributed by atoms with Gasteiger partial charge < -0.3 is 20.5 Å². The summed E-state index contributed by atoms with van der Waals surface area (Å²) in [5.41, 5.74) is 4.52. The van der Waals surface area contributed by atoms with Crippen LogP contribution in [0.1, 0.15) is 47.7 Å². The molecule has 0 aliphatic heterocycles. The minimum absolute atomic E-state index is 0.0709. The number of carbonyl (C=O) groups is 3. The SMILES string of the molecule is CC(CCCNC(=O)C(NC(=O)OCC1c2ccccc2-c2ccccc21)c1cccs1)C(=O)O. The van der Waals surface area contributed by atoms with Gasteiger partial charge in [0.15, 0.2) is 0 Å². The lowest BCUT2D eigenvalue weighted by Gasteiger charge is -2.19. The Kier molecular flexibility index (Phi) is 7.82. The number of benzene rings is 2. The Morgan fingerprint density at radius 1 is 1.00 bits per heavy atom. The van der Waals surface area contributed by atoms with Gasteiger partial charge in [0.1, 0.15) is 12.6 Å². The molecule has 7 nitrogen and oxygen atoms in total. The van der Waals surface area contributed by atoms with Crippen LogP contribution in [0, 0.1) is 5.92 Å². The van der Waals surface area contributed by atoms with Crippen LogP contribution >= 0.6 is 11.3 Å². The standard InChI is InChI=1S/C27H28N2O5S/c1-17(26(31)32)8-6-14-28-25(30)24(23-13-7-15-35-23)29-27(33)34-16-22-20-11-4-2-9-18(20)19-10-3-5-12-21(19)22/h2-5,7,9-13,15,17,22,24H,6,8,14,16H2,1H3,(H,28,30)(H,29,33)(H,31,32). The molecule has 8 heteroatoms. The molecule has 1 heterocycles. The van der Waals surface area contributed by atoms with Crippen LogP contribution in [0.2, 0.25) is 0 Å². The van der Waals surface area contributed by atoms with Crippen LogP contribution in [0.15, 0.2) is 66.0 Å². The van der Waals surface area contributed by atoms with E-state index in [0.717, 1.165) is 22.3 Å². The summed E-state index contributed by atoms with van der Waals surface area (Å²) in [5, 5.41) is 16.3. The molecule has 0 bridgehead atoms. The van der Waals surface area contributed by atoms with Crippen LogP contribution in [-0.4, -0.2) is 36.2 Å². The number of rotatable bonds is 10. The van der Waals surface area contributed by atoms with E-state index in [1.807, 2.05) is 47.8 Å². The summed E-state index contributed by atoms with van der Waals surface area (Å²) < 4.78 is 5.61. The fraction of sp³-hybridized carbons (Fsp3) is 0.296. The van der Waals surface area contributed by atoms with Crippen molar-refractivity contribution in [2.24, 2.45) is 5.92 Å². The van der Waals surface area contributed by atoms with Gasteiger partial charge >= 0.3 is 12.1 Å². The van der Waals surface area contributed by atoms with E-state index in [-0.39, 0.29) is 18.4 Å². The molecule has 1 aliphatic rings. The molecular formula is C27H28N2O5S. The Balaban J connectivity index is 1.37. The number of nitrogens with one attached hydrogen (secondary N) is 2. The van der Waals surface area contributed by atoms with Gasteiger partial charge in [0.25, 0.3) is 0 Å². The van der Waals surface area contributed by atoms with Gasteiger partial charge in [0.2, 0.25) is 5.91 Å². The molecule has 0 spiro atoms. The number of carbonyl (C=O) groups excluding carboxylic acids is 2. The minimum Gasteiger partial charge on any atom is -0.481 e. The lowest BCUT2D eigenvalue weighted by Crippen LogP contribution is -2.41. The molecule has 4 rings (SSSR count). The summed E-state index contributed by atoms with van der Waals surface area (Å²) in [6, 6.07) is 18.9. The van der Waals surface area contributed by atoms with E-state index in [2.05, 4.69) is 22.8 Å². The van der Waals surface area contributed by atoms with Gasteiger partial charge in [0.05, 0.1) is 5.92 Å². The van der Waals surface area contributed by atoms with E-state index < -0.39 is 24.0 Å². The molecule has 0 saturated heterocycles. The van der Waals surface area contributed by atoms with Gasteiger partial charge in [-0.2, -0.15) is 0 Å². The highest BCUT2D eigenvalue weighted by molar-refractivity contribution is 7.10. The zero-order valence-electron chi connectivity index (χ0n) is 19.4. The van der Waals surface area contributed by atoms with Gasteiger partial charge in [0, 0.05) is 17.3 Å². The topological polar surface area (TPSA) is 105 Å². The average molecular weight is 493 g/mol. The number of carboxylic acid groups (broad SMARTS) is 1. The van der Waals surface area contributed by atoms with E-state index in [4.69, 9.17) is 9.84 Å². The predicted molar refractivity (Wildman–Crippen MR) is 134 cm³/mol. The maximum atomic E-state index is 12.9. The van der Waals surface area contributed by atoms with Crippen molar-refractivity contribution in [2.75, 3.05) is 13.2 Å². The first-order chi connectivity index (χ1) is 17.0. The van der Waals surface area contributed by atoms with Crippen molar-refractivity contribution in [1.82, 2.24) is 10.6 Å². The maximum absolute atomic E-state index is 12.9. The average Bonchev–Trinajstić information content (AvgIpc) is 3.50. The fourth-order valence-electron chi connectivity index (χ4n) is 4.32. The largest absolute Gasteiger partial charge is 0.481 e. The third kappa shape index (κ3) is 5.71. The van der Waals surface area contributed by atoms with Crippen molar-refractivity contribution in [1.29, 1.82) is 0 Å². The fourth-order valence-corrected chi connectivity index (χ4v) is 5.10. The predicted octanol–water partition coefficient (Wildman–Crippen LogP) is 4.95. The summed E-state index contributed by atoms with van der Waals surface area (Å²) in [4.78, 5) is 37.3. The van der Waals surface area contributed by atoms with Crippen molar-refractivity contribution < 1.29 is 24.2 Å². The molecule has 2 unspecified atom stereocenters. The summed E-state index contributed by atoms with van der Waals surface area (Å²) in [6.07, 6.45) is 0.320. The summed E-state index contributed by atoms with van der Waals surface area (Å²) in [5.74, 6) is -1.76. The molecule has 1 aliphatic carbocycles. The highest BCUT2D eigenvalue weighted by atomic mass is 32.1. The Morgan fingerprint density at radius 3 is 2.26 bits per heavy atom. The van der Waals surface area contributed by atoms with E-state index in [0.29, 0.717) is 24.3 Å². The Morgan fingerprint density at radius 2 is 1.66 bits per heavy atom. The first-order valence-corrected chi connectivity index (χ1v) is 12.5. The summed E-state index contributed by atoms with van der Waals surface area (Å²) in [6.45, 7) is 2.12. The molecule has 35 heavy (non-hydrogen) atoms. The number of hydrogen-bond donors (Lipinski definition) is 3.